The molecule has 0 aliphatic heterocycles. The molecule has 0 unspecified atom stereocenters. The maximum Gasteiger partial charge on any atom is 0.227 e. The van der Waals surface area contributed by atoms with Crippen molar-refractivity contribution < 1.29 is 9.59 Å². The fourth-order valence-corrected chi connectivity index (χ4v) is 4.26. The van der Waals surface area contributed by atoms with Crippen molar-refractivity contribution in [2.45, 2.75) is 25.8 Å². The van der Waals surface area contributed by atoms with E-state index in [2.05, 4.69) is 15.6 Å². The summed E-state index contributed by atoms with van der Waals surface area (Å²) in [6.07, 6.45) is 2.25. The largest absolute Gasteiger partial charge is 0.352 e. The quantitative estimate of drug-likeness (QED) is 0.631. The van der Waals surface area contributed by atoms with Gasteiger partial charge in [0.05, 0.1) is 17.0 Å². The first kappa shape index (κ1) is 17.9. The molecular weight excluding hydrogens is 378 g/mol. The van der Waals surface area contributed by atoms with Gasteiger partial charge in [-0.1, -0.05) is 18.2 Å². The SMILES string of the molecule is O=C(Cc1csc(-c2cccs2)n1)NCc1ccc(NC(=O)C2CC2)cc1. The number of nitrogens with zero attached hydrogens (tertiary/aromatic N) is 1. The number of carbonyl (C=O) groups is 2. The van der Waals surface area contributed by atoms with E-state index >= 15 is 0 Å². The van der Waals surface area contributed by atoms with E-state index in [1.54, 1.807) is 22.7 Å². The first-order valence-electron chi connectivity index (χ1n) is 8.82. The first-order valence-corrected chi connectivity index (χ1v) is 10.6. The van der Waals surface area contributed by atoms with Crippen LogP contribution >= 0.6 is 22.7 Å². The van der Waals surface area contributed by atoms with Gasteiger partial charge in [-0.3, -0.25) is 9.59 Å². The third-order valence-electron chi connectivity index (χ3n) is 4.28. The standard InChI is InChI=1S/C20H19N3O2S2/c24-18(10-16-12-27-20(23-16)17-2-1-9-26-17)21-11-13-3-7-15(8-4-13)22-19(25)14-5-6-14/h1-4,7-9,12,14H,5-6,10-11H2,(H,21,24)(H,22,25). The predicted molar refractivity (Wildman–Crippen MR) is 109 cm³/mol. The lowest BCUT2D eigenvalue weighted by molar-refractivity contribution is -0.120. The van der Waals surface area contributed by atoms with Gasteiger partial charge in [0, 0.05) is 23.5 Å². The molecule has 1 aliphatic rings. The molecule has 3 aromatic rings. The highest BCUT2D eigenvalue weighted by molar-refractivity contribution is 7.20. The molecule has 1 fully saturated rings. The minimum absolute atomic E-state index is 0.0517. The molecule has 2 heterocycles. The van der Waals surface area contributed by atoms with Gasteiger partial charge in [0.1, 0.15) is 5.01 Å². The molecule has 2 amide bonds. The molecule has 2 N–H and O–H groups in total. The van der Waals surface area contributed by atoms with Gasteiger partial charge in [-0.2, -0.15) is 0 Å². The third kappa shape index (κ3) is 4.81. The first-order chi connectivity index (χ1) is 13.2. The topological polar surface area (TPSA) is 71.1 Å². The molecule has 0 spiro atoms. The Bertz CT molecular complexity index is 929. The van der Waals surface area contributed by atoms with E-state index in [9.17, 15) is 9.59 Å². The fourth-order valence-electron chi connectivity index (χ4n) is 2.63. The van der Waals surface area contributed by atoms with Crippen LogP contribution in [-0.2, 0) is 22.6 Å². The lowest BCUT2D eigenvalue weighted by atomic mass is 10.2. The lowest BCUT2D eigenvalue weighted by Gasteiger charge is -2.07. The number of hydrogen-bond donors (Lipinski definition) is 2. The van der Waals surface area contributed by atoms with Crippen LogP contribution in [0.3, 0.4) is 0 Å². The molecule has 0 saturated heterocycles. The van der Waals surface area contributed by atoms with Gasteiger partial charge in [0.2, 0.25) is 11.8 Å². The van der Waals surface area contributed by atoms with Gasteiger partial charge >= 0.3 is 0 Å². The Morgan fingerprint density at radius 1 is 1.11 bits per heavy atom. The van der Waals surface area contributed by atoms with Crippen LogP contribution in [0.15, 0.2) is 47.2 Å². The number of rotatable bonds is 7. The van der Waals surface area contributed by atoms with Crippen molar-refractivity contribution in [3.05, 3.63) is 58.4 Å². The second-order valence-corrected chi connectivity index (χ2v) is 8.34. The molecule has 138 valence electrons. The number of thiazole rings is 1. The predicted octanol–water partition coefficient (Wildman–Crippen LogP) is 4.08. The molecule has 0 atom stereocenters. The zero-order valence-electron chi connectivity index (χ0n) is 14.6. The number of thiophene rings is 1. The van der Waals surface area contributed by atoms with Crippen LogP contribution < -0.4 is 10.6 Å². The van der Waals surface area contributed by atoms with Crippen LogP contribution in [0.4, 0.5) is 5.69 Å². The average molecular weight is 398 g/mol. The van der Waals surface area contributed by atoms with E-state index in [4.69, 9.17) is 0 Å². The summed E-state index contributed by atoms with van der Waals surface area (Å²) in [5, 5.41) is 10.7. The Balaban J connectivity index is 1.26. The van der Waals surface area contributed by atoms with Gasteiger partial charge < -0.3 is 10.6 Å². The summed E-state index contributed by atoms with van der Waals surface area (Å²) in [5.74, 6) is 0.236. The number of amides is 2. The van der Waals surface area contributed by atoms with Crippen molar-refractivity contribution in [3.63, 3.8) is 0 Å². The summed E-state index contributed by atoms with van der Waals surface area (Å²) in [6, 6.07) is 11.6. The van der Waals surface area contributed by atoms with E-state index in [0.29, 0.717) is 6.54 Å². The number of carbonyl (C=O) groups excluding carboxylic acids is 2. The Morgan fingerprint density at radius 3 is 2.63 bits per heavy atom. The molecule has 0 radical (unpaired) electrons. The van der Waals surface area contributed by atoms with Crippen molar-refractivity contribution in [2.24, 2.45) is 5.92 Å². The Hall–Kier alpha value is -2.51. The highest BCUT2D eigenvalue weighted by Crippen LogP contribution is 2.30. The minimum atomic E-state index is -0.0517. The number of benzene rings is 1. The molecule has 5 nitrogen and oxygen atoms in total. The lowest BCUT2D eigenvalue weighted by Crippen LogP contribution is -2.24. The molecule has 1 saturated carbocycles. The molecule has 2 aromatic heterocycles. The molecule has 1 aliphatic carbocycles. The summed E-state index contributed by atoms with van der Waals surface area (Å²) in [4.78, 5) is 29.6. The van der Waals surface area contributed by atoms with Gasteiger partial charge in [-0.05, 0) is 42.0 Å². The number of aromatic nitrogens is 1. The van der Waals surface area contributed by atoms with Crippen molar-refractivity contribution >= 4 is 40.2 Å². The van der Waals surface area contributed by atoms with E-state index < -0.39 is 0 Å². The second kappa shape index (κ2) is 8.02. The van der Waals surface area contributed by atoms with Gasteiger partial charge in [0.25, 0.3) is 0 Å². The van der Waals surface area contributed by atoms with Crippen molar-refractivity contribution in [1.82, 2.24) is 10.3 Å². The maximum atomic E-state index is 12.2. The summed E-state index contributed by atoms with van der Waals surface area (Å²) in [5.41, 5.74) is 2.58. The van der Waals surface area contributed by atoms with Gasteiger partial charge in [0.15, 0.2) is 0 Å². The Kier molecular flexibility index (Phi) is 5.31. The molecule has 0 bridgehead atoms. The minimum Gasteiger partial charge on any atom is -0.352 e. The van der Waals surface area contributed by atoms with E-state index in [0.717, 1.165) is 39.7 Å². The number of anilines is 1. The number of hydrogen-bond acceptors (Lipinski definition) is 5. The van der Waals surface area contributed by atoms with Crippen LogP contribution in [0.5, 0.6) is 0 Å². The van der Waals surface area contributed by atoms with Crippen LogP contribution in [-0.4, -0.2) is 16.8 Å². The van der Waals surface area contributed by atoms with E-state index in [-0.39, 0.29) is 24.2 Å². The normalized spacial score (nSPS) is 13.3. The zero-order valence-corrected chi connectivity index (χ0v) is 16.2. The van der Waals surface area contributed by atoms with Crippen LogP contribution in [0, 0.1) is 5.92 Å². The Morgan fingerprint density at radius 2 is 1.93 bits per heavy atom. The smallest absolute Gasteiger partial charge is 0.227 e. The molecule has 4 rings (SSSR count). The van der Waals surface area contributed by atoms with Crippen LogP contribution in [0.25, 0.3) is 9.88 Å². The summed E-state index contributed by atoms with van der Waals surface area (Å²) >= 11 is 3.21. The highest BCUT2D eigenvalue weighted by atomic mass is 32.1. The van der Waals surface area contributed by atoms with Gasteiger partial charge in [-0.15, -0.1) is 22.7 Å². The summed E-state index contributed by atoms with van der Waals surface area (Å²) < 4.78 is 0. The molecule has 27 heavy (non-hydrogen) atoms. The summed E-state index contributed by atoms with van der Waals surface area (Å²) in [6.45, 7) is 0.456. The summed E-state index contributed by atoms with van der Waals surface area (Å²) in [7, 11) is 0. The van der Waals surface area contributed by atoms with Gasteiger partial charge in [-0.25, -0.2) is 4.98 Å². The Labute approximate surface area is 165 Å². The second-order valence-electron chi connectivity index (χ2n) is 6.54. The maximum absolute atomic E-state index is 12.2. The molecular formula is C20H19N3O2S2. The van der Waals surface area contributed by atoms with Crippen LogP contribution in [0.1, 0.15) is 24.1 Å². The average Bonchev–Trinajstić information content (AvgIpc) is 3.18. The zero-order chi connectivity index (χ0) is 18.6. The third-order valence-corrected chi connectivity index (χ3v) is 6.21. The van der Waals surface area contributed by atoms with Crippen LogP contribution in [0.2, 0.25) is 0 Å². The van der Waals surface area contributed by atoms with Crippen molar-refractivity contribution in [3.8, 4) is 9.88 Å². The monoisotopic (exact) mass is 397 g/mol. The highest BCUT2D eigenvalue weighted by Gasteiger charge is 2.29. The molecule has 1 aromatic carbocycles. The van der Waals surface area contributed by atoms with E-state index in [1.807, 2.05) is 47.2 Å². The fraction of sp³-hybridized carbons (Fsp3) is 0.250. The van der Waals surface area contributed by atoms with Crippen molar-refractivity contribution in [1.29, 1.82) is 0 Å². The van der Waals surface area contributed by atoms with E-state index in [1.165, 1.54) is 0 Å². The van der Waals surface area contributed by atoms with Crippen molar-refractivity contribution in [2.75, 3.05) is 5.32 Å². The number of nitrogens with one attached hydrogen (secondary N) is 2. The molecule has 7 heteroatoms.